The van der Waals surface area contributed by atoms with Crippen molar-refractivity contribution in [1.29, 1.82) is 0 Å². The molecule has 110 valence electrons. The molecule has 1 aromatic rings. The van der Waals surface area contributed by atoms with Gasteiger partial charge in [0, 0.05) is 13.1 Å². The van der Waals surface area contributed by atoms with Gasteiger partial charge in [0.25, 0.3) is 0 Å². The molecule has 1 N–H and O–H groups in total. The minimum Gasteiger partial charge on any atom is -0.314 e. The lowest BCUT2D eigenvalue weighted by Gasteiger charge is -2.17. The molecule has 4 heteroatoms. The van der Waals surface area contributed by atoms with Gasteiger partial charge in [0.05, 0.1) is 16.4 Å². The summed E-state index contributed by atoms with van der Waals surface area (Å²) < 4.78 is 1.92. The maximum Gasteiger partial charge on any atom is 0.0846 e. The van der Waals surface area contributed by atoms with Crippen molar-refractivity contribution < 1.29 is 0 Å². The van der Waals surface area contributed by atoms with E-state index in [2.05, 4.69) is 24.3 Å². The summed E-state index contributed by atoms with van der Waals surface area (Å²) in [5.41, 5.74) is 2.11. The van der Waals surface area contributed by atoms with Crippen LogP contribution in [0.1, 0.15) is 57.3 Å². The quantitative estimate of drug-likeness (QED) is 0.746. The van der Waals surface area contributed by atoms with Crippen LogP contribution < -0.4 is 5.32 Å². The van der Waals surface area contributed by atoms with Gasteiger partial charge in [-0.15, -0.1) is 0 Å². The zero-order valence-electron chi connectivity index (χ0n) is 12.8. The molecule has 0 amide bonds. The van der Waals surface area contributed by atoms with E-state index in [9.17, 15) is 0 Å². The molecule has 0 spiro atoms. The van der Waals surface area contributed by atoms with Crippen molar-refractivity contribution >= 4 is 11.6 Å². The first-order chi connectivity index (χ1) is 9.10. The Labute approximate surface area is 122 Å². The van der Waals surface area contributed by atoms with E-state index in [4.69, 9.17) is 11.6 Å². The van der Waals surface area contributed by atoms with Crippen molar-refractivity contribution in [2.24, 2.45) is 7.05 Å². The van der Waals surface area contributed by atoms with Crippen molar-refractivity contribution in [2.75, 3.05) is 6.54 Å². The third-order valence-electron chi connectivity index (χ3n) is 3.55. The lowest BCUT2D eigenvalue weighted by atomic mass is 10.0. The smallest absolute Gasteiger partial charge is 0.0846 e. The zero-order chi connectivity index (χ0) is 14.3. The Morgan fingerprint density at radius 1 is 1.26 bits per heavy atom. The summed E-state index contributed by atoms with van der Waals surface area (Å²) in [5, 5.41) is 8.84. The molecule has 1 aromatic heterocycles. The summed E-state index contributed by atoms with van der Waals surface area (Å²) in [7, 11) is 1.98. The Morgan fingerprint density at radius 3 is 2.53 bits per heavy atom. The number of nitrogens with one attached hydrogen (secondary N) is 1. The molecule has 3 nitrogen and oxygen atoms in total. The van der Waals surface area contributed by atoms with Crippen molar-refractivity contribution in [3.05, 3.63) is 16.4 Å². The Morgan fingerprint density at radius 2 is 2.00 bits per heavy atom. The first-order valence-corrected chi connectivity index (χ1v) is 7.89. The molecular formula is C15H28ClN3. The van der Waals surface area contributed by atoms with Gasteiger partial charge in [-0.3, -0.25) is 4.68 Å². The molecule has 0 aromatic carbocycles. The van der Waals surface area contributed by atoms with Crippen molar-refractivity contribution in [3.8, 4) is 0 Å². The second-order valence-corrected chi connectivity index (χ2v) is 5.68. The van der Waals surface area contributed by atoms with E-state index in [-0.39, 0.29) is 0 Å². The maximum absolute atomic E-state index is 6.28. The molecule has 0 saturated heterocycles. The highest BCUT2D eigenvalue weighted by molar-refractivity contribution is 6.31. The van der Waals surface area contributed by atoms with Crippen LogP contribution in [0, 0.1) is 6.92 Å². The molecule has 0 fully saturated rings. The Bertz CT molecular complexity index is 374. The Balaban J connectivity index is 2.42. The molecule has 0 aliphatic carbocycles. The molecular weight excluding hydrogens is 258 g/mol. The number of hydrogen-bond acceptors (Lipinski definition) is 2. The highest BCUT2D eigenvalue weighted by Crippen LogP contribution is 2.21. The van der Waals surface area contributed by atoms with Gasteiger partial charge in [-0.05, 0) is 45.6 Å². The van der Waals surface area contributed by atoms with Gasteiger partial charge >= 0.3 is 0 Å². The Kier molecular flexibility index (Phi) is 7.47. The zero-order valence-corrected chi connectivity index (χ0v) is 13.6. The van der Waals surface area contributed by atoms with E-state index in [0.29, 0.717) is 6.04 Å². The minimum atomic E-state index is 0.651. The number of hydrogen-bond donors (Lipinski definition) is 1. The number of aryl methyl sites for hydroxylation is 2. The van der Waals surface area contributed by atoms with E-state index in [1.54, 1.807) is 0 Å². The van der Waals surface area contributed by atoms with Crippen LogP contribution in [0.4, 0.5) is 0 Å². The molecule has 0 radical (unpaired) electrons. The molecule has 0 bridgehead atoms. The molecule has 1 unspecified atom stereocenters. The maximum atomic E-state index is 6.28. The van der Waals surface area contributed by atoms with Crippen LogP contribution in [-0.2, 0) is 13.5 Å². The molecule has 1 atom stereocenters. The van der Waals surface area contributed by atoms with E-state index < -0.39 is 0 Å². The summed E-state index contributed by atoms with van der Waals surface area (Å²) in [6, 6.07) is 0.651. The van der Waals surface area contributed by atoms with Crippen LogP contribution in [0.2, 0.25) is 5.02 Å². The van der Waals surface area contributed by atoms with Gasteiger partial charge in [0.1, 0.15) is 0 Å². The fourth-order valence-corrected chi connectivity index (χ4v) is 2.77. The summed E-state index contributed by atoms with van der Waals surface area (Å²) >= 11 is 6.28. The first-order valence-electron chi connectivity index (χ1n) is 7.51. The molecule has 0 aliphatic rings. The number of rotatable bonds is 9. The van der Waals surface area contributed by atoms with Gasteiger partial charge < -0.3 is 5.32 Å². The first kappa shape index (κ1) is 16.5. The van der Waals surface area contributed by atoms with Crippen molar-refractivity contribution in [2.45, 2.75) is 65.3 Å². The lowest BCUT2D eigenvalue weighted by molar-refractivity contribution is 0.435. The van der Waals surface area contributed by atoms with Crippen LogP contribution >= 0.6 is 11.6 Å². The Hall–Kier alpha value is -0.540. The second kappa shape index (κ2) is 8.60. The molecule has 0 saturated carbocycles. The summed E-state index contributed by atoms with van der Waals surface area (Å²) in [6.45, 7) is 7.56. The van der Waals surface area contributed by atoms with E-state index in [1.165, 1.54) is 37.8 Å². The average molecular weight is 286 g/mol. The van der Waals surface area contributed by atoms with Crippen LogP contribution in [0.25, 0.3) is 0 Å². The average Bonchev–Trinajstić information content (AvgIpc) is 2.62. The number of aromatic nitrogens is 2. The van der Waals surface area contributed by atoms with Gasteiger partial charge in [0.2, 0.25) is 0 Å². The lowest BCUT2D eigenvalue weighted by Crippen LogP contribution is -2.29. The monoisotopic (exact) mass is 285 g/mol. The van der Waals surface area contributed by atoms with E-state index in [0.717, 1.165) is 23.7 Å². The van der Waals surface area contributed by atoms with Crippen molar-refractivity contribution in [3.63, 3.8) is 0 Å². The predicted molar refractivity (Wildman–Crippen MR) is 82.9 cm³/mol. The van der Waals surface area contributed by atoms with Crippen LogP contribution in [-0.4, -0.2) is 22.4 Å². The highest BCUT2D eigenvalue weighted by Gasteiger charge is 2.12. The fourth-order valence-electron chi connectivity index (χ4n) is 2.51. The van der Waals surface area contributed by atoms with E-state index >= 15 is 0 Å². The molecule has 1 rings (SSSR count). The highest BCUT2D eigenvalue weighted by atomic mass is 35.5. The van der Waals surface area contributed by atoms with Crippen molar-refractivity contribution in [1.82, 2.24) is 15.1 Å². The van der Waals surface area contributed by atoms with E-state index in [1.807, 2.05) is 18.7 Å². The summed E-state index contributed by atoms with van der Waals surface area (Å²) in [5.74, 6) is 0. The summed E-state index contributed by atoms with van der Waals surface area (Å²) in [4.78, 5) is 0. The third-order valence-corrected chi connectivity index (χ3v) is 4.04. The van der Waals surface area contributed by atoms with Gasteiger partial charge in [-0.1, -0.05) is 31.9 Å². The topological polar surface area (TPSA) is 29.9 Å². The van der Waals surface area contributed by atoms with Crippen LogP contribution in [0.5, 0.6) is 0 Å². The molecule has 0 aliphatic heterocycles. The van der Waals surface area contributed by atoms with Crippen LogP contribution in [0.15, 0.2) is 0 Å². The van der Waals surface area contributed by atoms with Crippen LogP contribution in [0.3, 0.4) is 0 Å². The minimum absolute atomic E-state index is 0.651. The predicted octanol–water partition coefficient (Wildman–Crippen LogP) is 3.87. The third kappa shape index (κ3) is 5.15. The standard InChI is InChI=1S/C15H28ClN3/c1-5-8-13(17-11-6-2)9-7-10-14-15(16)12(3)18-19(14)4/h13,17H,5-11H2,1-4H3. The summed E-state index contributed by atoms with van der Waals surface area (Å²) in [6.07, 6.45) is 7.11. The van der Waals surface area contributed by atoms with Gasteiger partial charge in [-0.2, -0.15) is 5.10 Å². The fraction of sp³-hybridized carbons (Fsp3) is 0.800. The SMILES string of the molecule is CCCNC(CCC)CCCc1c(Cl)c(C)nn1C. The molecule has 1 heterocycles. The van der Waals surface area contributed by atoms with Gasteiger partial charge in [-0.25, -0.2) is 0 Å². The number of nitrogens with zero attached hydrogens (tertiary/aromatic N) is 2. The number of halogens is 1. The normalized spacial score (nSPS) is 12.9. The second-order valence-electron chi connectivity index (χ2n) is 5.30. The van der Waals surface area contributed by atoms with Gasteiger partial charge in [0.15, 0.2) is 0 Å². The largest absolute Gasteiger partial charge is 0.314 e. The molecule has 19 heavy (non-hydrogen) atoms.